The van der Waals surface area contributed by atoms with Crippen molar-refractivity contribution in [2.75, 3.05) is 31.3 Å². The highest BCUT2D eigenvalue weighted by Gasteiger charge is 2.26. The molecule has 1 atom stereocenters. The molecule has 22 heavy (non-hydrogen) atoms. The summed E-state index contributed by atoms with van der Waals surface area (Å²) >= 11 is 3.32. The number of rotatable bonds is 6. The quantitative estimate of drug-likeness (QED) is 0.803. The van der Waals surface area contributed by atoms with Crippen molar-refractivity contribution in [3.05, 3.63) is 28.7 Å². The summed E-state index contributed by atoms with van der Waals surface area (Å²) in [7, 11) is -3.46. The highest BCUT2D eigenvalue weighted by molar-refractivity contribution is 9.10. The standard InChI is InChI=1S/C14H19BrN2O4S/c1-22(19,20)17(9-13-6-3-7-21-13)10-14(18)16-12-5-2-4-11(15)8-12/h2,4-5,8,13H,3,6-7,9-10H2,1H3,(H,16,18). The first-order valence-corrected chi connectivity index (χ1v) is 9.61. The number of anilines is 1. The van der Waals surface area contributed by atoms with Crippen molar-refractivity contribution in [3.63, 3.8) is 0 Å². The molecule has 0 radical (unpaired) electrons. The van der Waals surface area contributed by atoms with Crippen molar-refractivity contribution in [2.45, 2.75) is 18.9 Å². The minimum atomic E-state index is -3.46. The summed E-state index contributed by atoms with van der Waals surface area (Å²) in [6.45, 7) is 0.641. The molecular weight excluding hydrogens is 372 g/mol. The van der Waals surface area contributed by atoms with Gasteiger partial charge in [-0.05, 0) is 31.0 Å². The molecule has 2 rings (SSSR count). The van der Waals surface area contributed by atoms with Crippen molar-refractivity contribution in [1.82, 2.24) is 4.31 Å². The van der Waals surface area contributed by atoms with E-state index < -0.39 is 10.0 Å². The normalized spacial score (nSPS) is 18.6. The molecule has 1 unspecified atom stereocenters. The number of hydrogen-bond donors (Lipinski definition) is 1. The Kier molecular flexibility index (Phi) is 5.96. The lowest BCUT2D eigenvalue weighted by atomic mass is 10.2. The van der Waals surface area contributed by atoms with Gasteiger partial charge in [0.15, 0.2) is 0 Å². The minimum Gasteiger partial charge on any atom is -0.377 e. The molecule has 1 aromatic rings. The molecule has 1 aliphatic rings. The maximum atomic E-state index is 12.1. The van der Waals surface area contributed by atoms with Gasteiger partial charge in [0.05, 0.1) is 18.9 Å². The molecule has 0 aliphatic carbocycles. The number of carbonyl (C=O) groups excluding carboxylic acids is 1. The van der Waals surface area contributed by atoms with E-state index in [1.54, 1.807) is 18.2 Å². The minimum absolute atomic E-state index is 0.131. The zero-order valence-corrected chi connectivity index (χ0v) is 14.7. The second kappa shape index (κ2) is 7.54. The predicted octanol–water partition coefficient (Wildman–Crippen LogP) is 1.83. The second-order valence-corrected chi connectivity index (χ2v) is 8.15. The lowest BCUT2D eigenvalue weighted by Gasteiger charge is -2.22. The molecule has 0 aromatic heterocycles. The number of amides is 1. The van der Waals surface area contributed by atoms with E-state index >= 15 is 0 Å². The monoisotopic (exact) mass is 390 g/mol. The molecule has 0 spiro atoms. The van der Waals surface area contributed by atoms with Crippen LogP contribution in [0.5, 0.6) is 0 Å². The Balaban J connectivity index is 1.98. The van der Waals surface area contributed by atoms with Gasteiger partial charge in [-0.25, -0.2) is 8.42 Å². The molecule has 0 saturated carbocycles. The summed E-state index contributed by atoms with van der Waals surface area (Å²) in [4.78, 5) is 12.1. The molecule has 1 aliphatic heterocycles. The molecule has 6 nitrogen and oxygen atoms in total. The van der Waals surface area contributed by atoms with E-state index in [1.807, 2.05) is 6.07 Å². The summed E-state index contributed by atoms with van der Waals surface area (Å²) in [5.41, 5.74) is 0.616. The molecule has 1 fully saturated rings. The van der Waals surface area contributed by atoms with Crippen LogP contribution in [0.4, 0.5) is 5.69 Å². The van der Waals surface area contributed by atoms with Gasteiger partial charge < -0.3 is 10.1 Å². The van der Waals surface area contributed by atoms with Crippen molar-refractivity contribution in [3.8, 4) is 0 Å². The third-order valence-electron chi connectivity index (χ3n) is 3.33. The Hall–Kier alpha value is -0.960. The van der Waals surface area contributed by atoms with Crippen LogP contribution in [-0.4, -0.2) is 50.7 Å². The highest BCUT2D eigenvalue weighted by atomic mass is 79.9. The molecule has 1 amide bonds. The maximum Gasteiger partial charge on any atom is 0.239 e. The van der Waals surface area contributed by atoms with Crippen molar-refractivity contribution in [2.24, 2.45) is 0 Å². The van der Waals surface area contributed by atoms with Gasteiger partial charge in [-0.3, -0.25) is 4.79 Å². The van der Waals surface area contributed by atoms with Crippen LogP contribution in [0.2, 0.25) is 0 Å². The SMILES string of the molecule is CS(=O)(=O)N(CC(=O)Nc1cccc(Br)c1)CC1CCCO1. The number of nitrogens with one attached hydrogen (secondary N) is 1. The molecular formula is C14H19BrN2O4S. The smallest absolute Gasteiger partial charge is 0.239 e. The molecule has 1 aromatic carbocycles. The van der Waals surface area contributed by atoms with E-state index in [2.05, 4.69) is 21.2 Å². The van der Waals surface area contributed by atoms with Gasteiger partial charge in [-0.15, -0.1) is 0 Å². The first kappa shape index (κ1) is 17.4. The highest BCUT2D eigenvalue weighted by Crippen LogP contribution is 2.17. The van der Waals surface area contributed by atoms with Crippen LogP contribution in [0.3, 0.4) is 0 Å². The second-order valence-electron chi connectivity index (χ2n) is 5.25. The van der Waals surface area contributed by atoms with Crippen LogP contribution in [0.1, 0.15) is 12.8 Å². The number of hydrogen-bond acceptors (Lipinski definition) is 4. The van der Waals surface area contributed by atoms with Crippen LogP contribution in [-0.2, 0) is 19.6 Å². The molecule has 1 N–H and O–H groups in total. The fourth-order valence-corrected chi connectivity index (χ4v) is 3.45. The van der Waals surface area contributed by atoms with E-state index in [0.717, 1.165) is 27.9 Å². The van der Waals surface area contributed by atoms with Gasteiger partial charge in [0, 0.05) is 23.3 Å². The zero-order valence-electron chi connectivity index (χ0n) is 12.3. The molecule has 1 saturated heterocycles. The molecule has 8 heteroatoms. The Morgan fingerprint density at radius 3 is 2.86 bits per heavy atom. The van der Waals surface area contributed by atoms with Crippen molar-refractivity contribution < 1.29 is 17.9 Å². The van der Waals surface area contributed by atoms with Crippen LogP contribution >= 0.6 is 15.9 Å². The van der Waals surface area contributed by atoms with E-state index in [9.17, 15) is 13.2 Å². The Bertz CT molecular complexity index is 629. The van der Waals surface area contributed by atoms with Gasteiger partial charge in [0.25, 0.3) is 0 Å². The van der Waals surface area contributed by atoms with E-state index in [1.165, 1.54) is 0 Å². The fraction of sp³-hybridized carbons (Fsp3) is 0.500. The maximum absolute atomic E-state index is 12.1. The average Bonchev–Trinajstić information content (AvgIpc) is 2.89. The third kappa shape index (κ3) is 5.35. The summed E-state index contributed by atoms with van der Waals surface area (Å²) in [5, 5.41) is 2.69. The van der Waals surface area contributed by atoms with Gasteiger partial charge >= 0.3 is 0 Å². The Labute approximate surface area is 139 Å². The summed E-state index contributed by atoms with van der Waals surface area (Å²) in [6.07, 6.45) is 2.72. The zero-order chi connectivity index (χ0) is 16.2. The van der Waals surface area contributed by atoms with E-state index in [-0.39, 0.29) is 25.1 Å². The lowest BCUT2D eigenvalue weighted by molar-refractivity contribution is -0.116. The van der Waals surface area contributed by atoms with Gasteiger partial charge in [0.1, 0.15) is 0 Å². The van der Waals surface area contributed by atoms with Crippen LogP contribution in [0.25, 0.3) is 0 Å². The van der Waals surface area contributed by atoms with E-state index in [0.29, 0.717) is 12.3 Å². The van der Waals surface area contributed by atoms with Crippen LogP contribution in [0.15, 0.2) is 28.7 Å². The number of sulfonamides is 1. The number of halogens is 1. The first-order chi connectivity index (χ1) is 10.3. The first-order valence-electron chi connectivity index (χ1n) is 6.97. The lowest BCUT2D eigenvalue weighted by Crippen LogP contribution is -2.41. The number of carbonyl (C=O) groups is 1. The van der Waals surface area contributed by atoms with Crippen molar-refractivity contribution in [1.29, 1.82) is 0 Å². The number of nitrogens with zero attached hydrogens (tertiary/aromatic N) is 1. The Morgan fingerprint density at radius 2 is 2.27 bits per heavy atom. The largest absolute Gasteiger partial charge is 0.377 e. The summed E-state index contributed by atoms with van der Waals surface area (Å²) in [5.74, 6) is -0.374. The average molecular weight is 391 g/mol. The van der Waals surface area contributed by atoms with Crippen molar-refractivity contribution >= 4 is 37.5 Å². The van der Waals surface area contributed by atoms with Gasteiger partial charge in [0.2, 0.25) is 15.9 Å². The predicted molar refractivity (Wildman–Crippen MR) is 88.2 cm³/mol. The number of benzene rings is 1. The fourth-order valence-electron chi connectivity index (χ4n) is 2.26. The summed E-state index contributed by atoms with van der Waals surface area (Å²) < 4.78 is 31.1. The third-order valence-corrected chi connectivity index (χ3v) is 5.04. The molecule has 0 bridgehead atoms. The molecule has 1 heterocycles. The summed E-state index contributed by atoms with van der Waals surface area (Å²) in [6, 6.07) is 7.13. The van der Waals surface area contributed by atoms with Crippen LogP contribution in [0, 0.1) is 0 Å². The topological polar surface area (TPSA) is 75.7 Å². The van der Waals surface area contributed by atoms with E-state index in [4.69, 9.17) is 4.74 Å². The van der Waals surface area contributed by atoms with Crippen LogP contribution < -0.4 is 5.32 Å². The number of ether oxygens (including phenoxy) is 1. The molecule has 122 valence electrons. The van der Waals surface area contributed by atoms with Gasteiger partial charge in [-0.1, -0.05) is 22.0 Å². The van der Waals surface area contributed by atoms with Gasteiger partial charge in [-0.2, -0.15) is 4.31 Å². The Morgan fingerprint density at radius 1 is 1.50 bits per heavy atom.